The summed E-state index contributed by atoms with van der Waals surface area (Å²) < 4.78 is 1.79. The maximum atomic E-state index is 11.3. The summed E-state index contributed by atoms with van der Waals surface area (Å²) in [6.07, 6.45) is 3.92. The number of aromatic nitrogens is 1. The van der Waals surface area contributed by atoms with E-state index < -0.39 is 5.97 Å². The predicted molar refractivity (Wildman–Crippen MR) is 71.5 cm³/mol. The second-order valence-corrected chi connectivity index (χ2v) is 6.69. The standard InChI is InChI=1S/C13H17NO3S/c1-9(15)10-6-11(12(16)17)14(7-10)8-13(2)4-3-5-18-13/h6-7H,3-5,8H2,1-2H3,(H,16,17). The molecule has 1 N–H and O–H groups in total. The Morgan fingerprint density at radius 3 is 2.78 bits per heavy atom. The largest absolute Gasteiger partial charge is 0.477 e. The minimum absolute atomic E-state index is 0.0806. The lowest BCUT2D eigenvalue weighted by atomic mass is 10.1. The zero-order valence-corrected chi connectivity index (χ0v) is 11.4. The molecule has 0 saturated carbocycles. The third kappa shape index (κ3) is 2.61. The van der Waals surface area contributed by atoms with Crippen molar-refractivity contribution < 1.29 is 14.7 Å². The molecule has 4 nitrogen and oxygen atoms in total. The van der Waals surface area contributed by atoms with Crippen molar-refractivity contribution in [2.75, 3.05) is 5.75 Å². The van der Waals surface area contributed by atoms with E-state index in [4.69, 9.17) is 0 Å². The van der Waals surface area contributed by atoms with Crippen LogP contribution in [0.5, 0.6) is 0 Å². The Kier molecular flexibility index (Phi) is 3.52. The van der Waals surface area contributed by atoms with E-state index in [1.807, 2.05) is 11.8 Å². The third-order valence-electron chi connectivity index (χ3n) is 3.33. The van der Waals surface area contributed by atoms with Gasteiger partial charge in [0.15, 0.2) is 5.78 Å². The first-order valence-electron chi connectivity index (χ1n) is 6.00. The molecule has 1 aromatic rings. The Bertz CT molecular complexity index is 486. The Hall–Kier alpha value is -1.23. The number of nitrogens with zero attached hydrogens (tertiary/aromatic N) is 1. The van der Waals surface area contributed by atoms with E-state index in [2.05, 4.69) is 6.92 Å². The molecule has 98 valence electrons. The van der Waals surface area contributed by atoms with Gasteiger partial charge in [-0.2, -0.15) is 11.8 Å². The van der Waals surface area contributed by atoms with Gasteiger partial charge in [-0.25, -0.2) is 4.79 Å². The molecule has 0 amide bonds. The number of Topliss-reactive ketones (excluding diaryl/α,β-unsaturated/α-hetero) is 1. The minimum atomic E-state index is -0.978. The normalized spacial score (nSPS) is 23.2. The van der Waals surface area contributed by atoms with Gasteiger partial charge in [0.05, 0.1) is 0 Å². The van der Waals surface area contributed by atoms with Gasteiger partial charge >= 0.3 is 5.97 Å². The van der Waals surface area contributed by atoms with Gasteiger partial charge in [0, 0.05) is 23.1 Å². The Morgan fingerprint density at radius 2 is 2.28 bits per heavy atom. The zero-order chi connectivity index (χ0) is 13.3. The number of hydrogen-bond acceptors (Lipinski definition) is 3. The highest BCUT2D eigenvalue weighted by Crippen LogP contribution is 2.39. The summed E-state index contributed by atoms with van der Waals surface area (Å²) in [6, 6.07) is 1.47. The summed E-state index contributed by atoms with van der Waals surface area (Å²) in [4.78, 5) is 22.5. The fourth-order valence-corrected chi connectivity index (χ4v) is 3.64. The summed E-state index contributed by atoms with van der Waals surface area (Å²) in [5, 5.41) is 9.18. The first-order valence-corrected chi connectivity index (χ1v) is 6.98. The third-order valence-corrected chi connectivity index (χ3v) is 4.85. The molecule has 5 heteroatoms. The Morgan fingerprint density at radius 1 is 1.56 bits per heavy atom. The molecule has 0 spiro atoms. The molecule has 2 rings (SSSR count). The average Bonchev–Trinajstić information content (AvgIpc) is 2.85. The molecule has 1 aromatic heterocycles. The van der Waals surface area contributed by atoms with Crippen molar-refractivity contribution in [2.45, 2.75) is 38.0 Å². The van der Waals surface area contributed by atoms with Crippen LogP contribution in [0.25, 0.3) is 0 Å². The van der Waals surface area contributed by atoms with E-state index in [-0.39, 0.29) is 16.2 Å². The molecule has 1 fully saturated rings. The molecule has 0 bridgehead atoms. The van der Waals surface area contributed by atoms with E-state index in [0.29, 0.717) is 12.1 Å². The number of carboxylic acids is 1. The highest BCUT2D eigenvalue weighted by Gasteiger charge is 2.31. The number of ketones is 1. The van der Waals surface area contributed by atoms with Gasteiger partial charge in [0.2, 0.25) is 0 Å². The van der Waals surface area contributed by atoms with Gasteiger partial charge in [-0.05, 0) is 38.5 Å². The van der Waals surface area contributed by atoms with Crippen molar-refractivity contribution in [3.63, 3.8) is 0 Å². The summed E-state index contributed by atoms with van der Waals surface area (Å²) in [6.45, 7) is 4.26. The van der Waals surface area contributed by atoms with Crippen molar-refractivity contribution >= 4 is 23.5 Å². The van der Waals surface area contributed by atoms with Gasteiger partial charge < -0.3 is 9.67 Å². The second-order valence-electron chi connectivity index (χ2n) is 5.01. The average molecular weight is 267 g/mol. The fourth-order valence-electron chi connectivity index (χ4n) is 2.33. The van der Waals surface area contributed by atoms with Gasteiger partial charge in [-0.1, -0.05) is 0 Å². The lowest BCUT2D eigenvalue weighted by Gasteiger charge is -2.24. The second kappa shape index (κ2) is 4.80. The molecule has 1 saturated heterocycles. The maximum Gasteiger partial charge on any atom is 0.352 e. The summed E-state index contributed by atoms with van der Waals surface area (Å²) in [7, 11) is 0. The van der Waals surface area contributed by atoms with Crippen molar-refractivity contribution in [3.05, 3.63) is 23.5 Å². The lowest BCUT2D eigenvalue weighted by molar-refractivity contribution is 0.0684. The molecule has 2 heterocycles. The molecule has 0 radical (unpaired) electrons. The molecule has 1 aliphatic rings. The molecule has 1 atom stereocenters. The van der Waals surface area contributed by atoms with E-state index in [0.717, 1.165) is 12.2 Å². The van der Waals surface area contributed by atoms with Crippen LogP contribution in [0, 0.1) is 0 Å². The molecule has 1 aliphatic heterocycles. The van der Waals surface area contributed by atoms with Crippen LogP contribution in [-0.4, -0.2) is 31.9 Å². The number of thioether (sulfide) groups is 1. The van der Waals surface area contributed by atoms with Gasteiger partial charge in [-0.15, -0.1) is 0 Å². The number of rotatable bonds is 4. The summed E-state index contributed by atoms with van der Waals surface area (Å²) in [5.74, 6) is 0.0503. The Labute approximate surface area is 110 Å². The van der Waals surface area contributed by atoms with Gasteiger partial charge in [0.1, 0.15) is 5.69 Å². The number of aromatic carboxylic acids is 1. The van der Waals surface area contributed by atoms with Gasteiger partial charge in [0.25, 0.3) is 0 Å². The molecule has 1 unspecified atom stereocenters. The first kappa shape index (κ1) is 13.2. The van der Waals surface area contributed by atoms with Crippen LogP contribution < -0.4 is 0 Å². The quantitative estimate of drug-likeness (QED) is 0.852. The number of hydrogen-bond donors (Lipinski definition) is 1. The van der Waals surface area contributed by atoms with Crippen LogP contribution in [0.3, 0.4) is 0 Å². The maximum absolute atomic E-state index is 11.3. The van der Waals surface area contributed by atoms with Crippen LogP contribution in [0.15, 0.2) is 12.3 Å². The van der Waals surface area contributed by atoms with Gasteiger partial charge in [-0.3, -0.25) is 4.79 Å². The molecular weight excluding hydrogens is 250 g/mol. The Balaban J connectivity index is 2.30. The molecule has 0 aliphatic carbocycles. The van der Waals surface area contributed by atoms with Crippen LogP contribution in [0.2, 0.25) is 0 Å². The van der Waals surface area contributed by atoms with Crippen LogP contribution in [0.4, 0.5) is 0 Å². The van der Waals surface area contributed by atoms with Crippen molar-refractivity contribution in [2.24, 2.45) is 0 Å². The number of carbonyl (C=O) groups is 2. The molecular formula is C13H17NO3S. The van der Waals surface area contributed by atoms with Crippen LogP contribution >= 0.6 is 11.8 Å². The number of carboxylic acid groups (broad SMARTS) is 1. The fraction of sp³-hybridized carbons (Fsp3) is 0.538. The van der Waals surface area contributed by atoms with E-state index >= 15 is 0 Å². The predicted octanol–water partition coefficient (Wildman–Crippen LogP) is 2.67. The zero-order valence-electron chi connectivity index (χ0n) is 10.6. The summed E-state index contributed by atoms with van der Waals surface area (Å²) >= 11 is 1.88. The SMILES string of the molecule is CC(=O)c1cc(C(=O)O)n(CC2(C)CCCS2)c1. The molecule has 18 heavy (non-hydrogen) atoms. The van der Waals surface area contributed by atoms with Crippen molar-refractivity contribution in [1.82, 2.24) is 4.57 Å². The topological polar surface area (TPSA) is 59.3 Å². The molecule has 0 aromatic carbocycles. The number of carbonyl (C=O) groups excluding carboxylic acids is 1. The smallest absolute Gasteiger partial charge is 0.352 e. The minimum Gasteiger partial charge on any atom is -0.477 e. The first-order chi connectivity index (χ1) is 8.41. The van der Waals surface area contributed by atoms with E-state index in [9.17, 15) is 14.7 Å². The lowest BCUT2D eigenvalue weighted by Crippen LogP contribution is -2.25. The van der Waals surface area contributed by atoms with Crippen LogP contribution in [0.1, 0.15) is 47.5 Å². The monoisotopic (exact) mass is 267 g/mol. The van der Waals surface area contributed by atoms with Crippen molar-refractivity contribution in [1.29, 1.82) is 0 Å². The van der Waals surface area contributed by atoms with E-state index in [1.165, 1.54) is 19.4 Å². The van der Waals surface area contributed by atoms with Crippen molar-refractivity contribution in [3.8, 4) is 0 Å². The highest BCUT2D eigenvalue weighted by molar-refractivity contribution is 8.00. The van der Waals surface area contributed by atoms with E-state index in [1.54, 1.807) is 10.8 Å². The summed E-state index contributed by atoms with van der Waals surface area (Å²) in [5.41, 5.74) is 0.674. The van der Waals surface area contributed by atoms with Crippen LogP contribution in [-0.2, 0) is 6.54 Å². The highest BCUT2D eigenvalue weighted by atomic mass is 32.2.